The molecular formula is C18H22. The molecule has 3 unspecified atom stereocenters. The molecule has 18 heavy (non-hydrogen) atoms. The molecule has 2 saturated carbocycles. The van der Waals surface area contributed by atoms with Crippen molar-refractivity contribution in [2.75, 3.05) is 0 Å². The Hall–Kier alpha value is -0.780. The van der Waals surface area contributed by atoms with Crippen LogP contribution in [-0.4, -0.2) is 0 Å². The molecule has 4 aliphatic carbocycles. The Balaban J connectivity index is 1.84. The van der Waals surface area contributed by atoms with E-state index in [-0.39, 0.29) is 0 Å². The number of benzene rings is 1. The SMILES string of the molecule is C[C@]12CCC3c4c5cccc4C(C[C@@H]1C3CC5)C2. The molecule has 5 atom stereocenters. The molecule has 0 N–H and O–H groups in total. The Bertz CT molecular complexity index is 529. The predicted molar refractivity (Wildman–Crippen MR) is 73.8 cm³/mol. The van der Waals surface area contributed by atoms with E-state index in [1.54, 1.807) is 11.1 Å². The maximum atomic E-state index is 2.61. The van der Waals surface area contributed by atoms with Crippen LogP contribution in [0.5, 0.6) is 0 Å². The van der Waals surface area contributed by atoms with Gasteiger partial charge in [0.05, 0.1) is 0 Å². The van der Waals surface area contributed by atoms with Gasteiger partial charge in [-0.2, -0.15) is 0 Å². The van der Waals surface area contributed by atoms with Gasteiger partial charge in [0.25, 0.3) is 0 Å². The van der Waals surface area contributed by atoms with Crippen LogP contribution in [0.2, 0.25) is 0 Å². The first kappa shape index (κ1) is 10.1. The fourth-order valence-electron chi connectivity index (χ4n) is 6.33. The number of hydrogen-bond acceptors (Lipinski definition) is 0. The zero-order valence-electron chi connectivity index (χ0n) is 11.3. The van der Waals surface area contributed by atoms with Crippen LogP contribution in [0.3, 0.4) is 0 Å². The minimum Gasteiger partial charge on any atom is -0.0617 e. The topological polar surface area (TPSA) is 0 Å². The van der Waals surface area contributed by atoms with E-state index in [1.807, 2.05) is 5.56 Å². The lowest BCUT2D eigenvalue weighted by molar-refractivity contribution is 0.0588. The zero-order chi connectivity index (χ0) is 11.9. The predicted octanol–water partition coefficient (Wildman–Crippen LogP) is 4.64. The average molecular weight is 238 g/mol. The van der Waals surface area contributed by atoms with Gasteiger partial charge in [0.1, 0.15) is 0 Å². The molecule has 5 bridgehead atoms. The highest BCUT2D eigenvalue weighted by Gasteiger charge is 2.56. The summed E-state index contributed by atoms with van der Waals surface area (Å²) < 4.78 is 0. The molecule has 1 aromatic carbocycles. The lowest BCUT2D eigenvalue weighted by atomic mass is 9.55. The van der Waals surface area contributed by atoms with Crippen LogP contribution in [0.1, 0.15) is 67.6 Å². The zero-order valence-corrected chi connectivity index (χ0v) is 11.3. The van der Waals surface area contributed by atoms with Crippen molar-refractivity contribution in [1.29, 1.82) is 0 Å². The summed E-state index contributed by atoms with van der Waals surface area (Å²) >= 11 is 0. The summed E-state index contributed by atoms with van der Waals surface area (Å²) in [6, 6.07) is 7.23. The molecule has 0 heterocycles. The van der Waals surface area contributed by atoms with Crippen molar-refractivity contribution < 1.29 is 0 Å². The summed E-state index contributed by atoms with van der Waals surface area (Å²) in [7, 11) is 0. The molecule has 5 rings (SSSR count). The molecule has 0 aliphatic heterocycles. The van der Waals surface area contributed by atoms with Crippen LogP contribution < -0.4 is 0 Å². The van der Waals surface area contributed by atoms with Crippen LogP contribution >= 0.6 is 0 Å². The van der Waals surface area contributed by atoms with Crippen LogP contribution in [-0.2, 0) is 6.42 Å². The Kier molecular flexibility index (Phi) is 1.69. The molecule has 94 valence electrons. The van der Waals surface area contributed by atoms with Gasteiger partial charge in [0.15, 0.2) is 0 Å². The lowest BCUT2D eigenvalue weighted by Gasteiger charge is -2.50. The highest BCUT2D eigenvalue weighted by molar-refractivity contribution is 5.46. The molecule has 0 radical (unpaired) electrons. The molecule has 0 nitrogen and oxygen atoms in total. The van der Waals surface area contributed by atoms with Gasteiger partial charge >= 0.3 is 0 Å². The highest BCUT2D eigenvalue weighted by Crippen LogP contribution is 2.67. The number of aryl methyl sites for hydroxylation is 1. The summed E-state index contributed by atoms with van der Waals surface area (Å²) in [4.78, 5) is 0. The normalized spacial score (nSPS) is 47.2. The van der Waals surface area contributed by atoms with Crippen molar-refractivity contribution in [3.63, 3.8) is 0 Å². The third-order valence-corrected chi connectivity index (χ3v) is 6.99. The van der Waals surface area contributed by atoms with Crippen LogP contribution in [0.25, 0.3) is 0 Å². The molecule has 4 aliphatic rings. The number of fused-ring (bicyclic) bond motifs is 2. The van der Waals surface area contributed by atoms with Crippen LogP contribution in [0.4, 0.5) is 0 Å². The summed E-state index contributed by atoms with van der Waals surface area (Å²) in [6.07, 6.45) is 8.82. The maximum absolute atomic E-state index is 2.61. The van der Waals surface area contributed by atoms with Gasteiger partial charge in [-0.25, -0.2) is 0 Å². The van der Waals surface area contributed by atoms with Crippen molar-refractivity contribution in [3.8, 4) is 0 Å². The van der Waals surface area contributed by atoms with Crippen LogP contribution in [0, 0.1) is 17.3 Å². The second-order valence-corrected chi connectivity index (χ2v) is 7.67. The van der Waals surface area contributed by atoms with Gasteiger partial charge in [0, 0.05) is 0 Å². The van der Waals surface area contributed by atoms with E-state index >= 15 is 0 Å². The molecule has 0 aromatic heterocycles. The summed E-state index contributed by atoms with van der Waals surface area (Å²) in [5, 5.41) is 0. The third-order valence-electron chi connectivity index (χ3n) is 6.99. The van der Waals surface area contributed by atoms with E-state index in [1.165, 1.54) is 38.5 Å². The summed E-state index contributed by atoms with van der Waals surface area (Å²) in [6.45, 7) is 2.61. The molecule has 0 spiro atoms. The largest absolute Gasteiger partial charge is 0.0617 e. The number of hydrogen-bond donors (Lipinski definition) is 0. The monoisotopic (exact) mass is 238 g/mol. The molecule has 2 fully saturated rings. The molecule has 0 saturated heterocycles. The van der Waals surface area contributed by atoms with E-state index in [0.29, 0.717) is 5.41 Å². The first-order valence-corrected chi connectivity index (χ1v) is 7.88. The Morgan fingerprint density at radius 3 is 3.11 bits per heavy atom. The Labute approximate surface area is 110 Å². The van der Waals surface area contributed by atoms with Crippen molar-refractivity contribution in [3.05, 3.63) is 34.9 Å². The van der Waals surface area contributed by atoms with E-state index in [4.69, 9.17) is 0 Å². The smallest absolute Gasteiger partial charge is 0.0125 e. The summed E-state index contributed by atoms with van der Waals surface area (Å²) in [5.74, 6) is 3.92. The van der Waals surface area contributed by atoms with Crippen molar-refractivity contribution in [2.45, 2.75) is 57.3 Å². The van der Waals surface area contributed by atoms with Gasteiger partial charge in [0.2, 0.25) is 0 Å². The van der Waals surface area contributed by atoms with Gasteiger partial charge in [-0.3, -0.25) is 0 Å². The second kappa shape index (κ2) is 3.03. The summed E-state index contributed by atoms with van der Waals surface area (Å²) in [5.41, 5.74) is 6.01. The van der Waals surface area contributed by atoms with E-state index in [2.05, 4.69) is 25.1 Å². The van der Waals surface area contributed by atoms with Crippen molar-refractivity contribution >= 4 is 0 Å². The van der Waals surface area contributed by atoms with Gasteiger partial charge in [-0.1, -0.05) is 25.1 Å². The molecule has 1 aromatic rings. The highest BCUT2D eigenvalue weighted by atomic mass is 14.6. The van der Waals surface area contributed by atoms with Gasteiger partial charge < -0.3 is 0 Å². The lowest BCUT2D eigenvalue weighted by Crippen LogP contribution is -2.40. The van der Waals surface area contributed by atoms with Gasteiger partial charge in [-0.15, -0.1) is 0 Å². The van der Waals surface area contributed by atoms with E-state index in [9.17, 15) is 0 Å². The molecule has 0 amide bonds. The van der Waals surface area contributed by atoms with E-state index < -0.39 is 0 Å². The molecular weight excluding hydrogens is 216 g/mol. The maximum Gasteiger partial charge on any atom is -0.0125 e. The van der Waals surface area contributed by atoms with Gasteiger partial charge in [-0.05, 0) is 84.3 Å². The first-order chi connectivity index (χ1) is 8.76. The fourth-order valence-corrected chi connectivity index (χ4v) is 6.33. The Morgan fingerprint density at radius 1 is 1.22 bits per heavy atom. The minimum atomic E-state index is 0.691. The fraction of sp³-hybridized carbons (Fsp3) is 0.667. The standard InChI is InChI=1S/C18H22/c1-18-8-7-15-14-6-5-11-3-2-4-13(17(11)15)12(10-18)9-16(14)18/h2-4,12,14-16H,5-10H2,1H3/t12?,14?,15?,16-,18-/m1/s1. The third kappa shape index (κ3) is 1.01. The second-order valence-electron chi connectivity index (χ2n) is 7.67. The first-order valence-electron chi connectivity index (χ1n) is 7.88. The minimum absolute atomic E-state index is 0.691. The molecule has 0 heteroatoms. The average Bonchev–Trinajstić information content (AvgIpc) is 2.70. The van der Waals surface area contributed by atoms with Crippen LogP contribution in [0.15, 0.2) is 18.2 Å². The van der Waals surface area contributed by atoms with E-state index in [0.717, 1.165) is 23.7 Å². The quantitative estimate of drug-likeness (QED) is 0.617. The number of rotatable bonds is 0. The Morgan fingerprint density at radius 2 is 2.17 bits per heavy atom. The van der Waals surface area contributed by atoms with Crippen molar-refractivity contribution in [1.82, 2.24) is 0 Å². The van der Waals surface area contributed by atoms with Crippen molar-refractivity contribution in [2.24, 2.45) is 17.3 Å².